The predicted molar refractivity (Wildman–Crippen MR) is 357 cm³/mol. The minimum atomic E-state index is -0.559. The molecule has 0 atom stereocenters. The first-order valence-corrected chi connectivity index (χ1v) is 30.7. The van der Waals surface area contributed by atoms with Crippen molar-refractivity contribution in [2.45, 2.75) is 140 Å². The van der Waals surface area contributed by atoms with E-state index in [0.717, 1.165) is 179 Å². The number of likely N-dealkylation sites (N-methyl/N-ethyl adjacent to an activating group) is 6. The summed E-state index contributed by atoms with van der Waals surface area (Å²) in [5, 5.41) is 19.5. The van der Waals surface area contributed by atoms with Gasteiger partial charge in [-0.1, -0.05) is 55.2 Å². The molecule has 12 heterocycles. The van der Waals surface area contributed by atoms with Crippen LogP contribution in [0.4, 0.5) is 0 Å². The summed E-state index contributed by atoms with van der Waals surface area (Å²) >= 11 is 0. The van der Waals surface area contributed by atoms with E-state index in [1.54, 1.807) is 42.5 Å². The van der Waals surface area contributed by atoms with Gasteiger partial charge in [-0.25, -0.2) is 30.9 Å². The van der Waals surface area contributed by atoms with E-state index in [1.807, 2.05) is 46.0 Å². The lowest BCUT2D eigenvalue weighted by Gasteiger charge is -2.24. The molecule has 0 bridgehead atoms. The third-order valence-electron chi connectivity index (χ3n) is 16.1. The molecule has 0 aromatic carbocycles. The van der Waals surface area contributed by atoms with Crippen LogP contribution in [0, 0.1) is 0 Å². The molecule has 12 rings (SSSR count). The number of hydrogen-bond acceptors (Lipinski definition) is 22. The van der Waals surface area contributed by atoms with Crippen molar-refractivity contribution in [2.75, 3.05) is 88.6 Å². The molecule has 504 valence electrons. The van der Waals surface area contributed by atoms with Crippen LogP contribution >= 0.6 is 0 Å². The number of aromatic nitrogens is 8. The number of rotatable bonds is 9. The first kappa shape index (κ1) is 77.3. The Hall–Kier alpha value is -8.14. The summed E-state index contributed by atoms with van der Waals surface area (Å²) in [7, 11) is 14.0. The Balaban J connectivity index is 0.000000236. The van der Waals surface area contributed by atoms with Gasteiger partial charge >= 0.3 is 0 Å². The van der Waals surface area contributed by atoms with Gasteiger partial charge in [-0.3, -0.25) is 59.1 Å². The van der Waals surface area contributed by atoms with Crippen LogP contribution in [-0.2, 0) is 77.8 Å². The van der Waals surface area contributed by atoms with E-state index in [0.29, 0.717) is 41.9 Å². The van der Waals surface area contributed by atoms with Crippen LogP contribution in [0.2, 0.25) is 0 Å². The van der Waals surface area contributed by atoms with Crippen molar-refractivity contribution in [1.29, 1.82) is 0 Å². The van der Waals surface area contributed by atoms with Gasteiger partial charge in [0, 0.05) is 160 Å². The zero-order chi connectivity index (χ0) is 65.0. The van der Waals surface area contributed by atoms with Gasteiger partial charge in [0.25, 0.3) is 17.7 Å². The Labute approximate surface area is 549 Å². The van der Waals surface area contributed by atoms with E-state index in [9.17, 15) is 28.8 Å². The van der Waals surface area contributed by atoms with Crippen LogP contribution in [-0.4, -0.2) is 203 Å². The van der Waals surface area contributed by atoms with Crippen molar-refractivity contribution in [3.05, 3.63) is 163 Å². The Morgan fingerprint density at radius 3 is 1.42 bits per heavy atom. The minimum absolute atomic E-state index is 0. The van der Waals surface area contributed by atoms with E-state index in [-0.39, 0.29) is 51.2 Å². The lowest BCUT2D eigenvalue weighted by Crippen LogP contribution is -2.29. The highest BCUT2D eigenvalue weighted by Gasteiger charge is 2.23. The molecule has 0 aliphatic carbocycles. The number of Topliss-reactive ketones (excluding diaryl/α,β-unsaturated/α-hetero) is 3. The van der Waals surface area contributed by atoms with Gasteiger partial charge in [0.05, 0.1) is 52.1 Å². The maximum absolute atomic E-state index is 11.5. The molecular weight excluding hydrogens is 1180 g/mol. The molecule has 5 N–H and O–H groups in total. The van der Waals surface area contributed by atoms with Crippen LogP contribution in [0.15, 0.2) is 61.2 Å². The quantitative estimate of drug-likeness (QED) is 0.0587. The lowest BCUT2D eigenvalue weighted by molar-refractivity contribution is 0.0698. The van der Waals surface area contributed by atoms with E-state index >= 15 is 0 Å². The van der Waals surface area contributed by atoms with Crippen LogP contribution in [0.25, 0.3) is 0 Å². The maximum Gasteiger partial charge on any atom is 0.293 e. The second-order valence-electron chi connectivity index (χ2n) is 23.3. The molecule has 0 saturated carbocycles. The third-order valence-corrected chi connectivity index (χ3v) is 16.1. The molecular formula is C68H99N17O8. The lowest BCUT2D eigenvalue weighted by atomic mass is 10.0. The summed E-state index contributed by atoms with van der Waals surface area (Å²) in [5.74, 6) is -0.867. The Morgan fingerprint density at radius 1 is 0.376 bits per heavy atom. The van der Waals surface area contributed by atoms with Crippen molar-refractivity contribution in [1.82, 2.24) is 85.5 Å². The largest absolute Gasteiger partial charge is 0.354 e. The Morgan fingerprint density at radius 2 is 0.796 bits per heavy atom. The number of hydrogen-bond donors (Lipinski definition) is 5. The number of nitrogens with zero attached hydrogens (tertiary/aromatic N) is 14. The molecule has 0 saturated heterocycles. The molecule has 0 unspecified atom stereocenters. The average molecular weight is 1280 g/mol. The summed E-state index contributed by atoms with van der Waals surface area (Å²) in [6, 6.07) is 11.2. The number of pyridine rings is 4. The monoisotopic (exact) mass is 1280 g/mol. The molecule has 25 heteroatoms. The van der Waals surface area contributed by atoms with Gasteiger partial charge in [-0.05, 0) is 102 Å². The minimum Gasteiger partial charge on any atom is -0.354 e. The van der Waals surface area contributed by atoms with Crippen LogP contribution in [0.3, 0.4) is 0 Å². The molecule has 25 nitrogen and oxygen atoms in total. The van der Waals surface area contributed by atoms with E-state index in [4.69, 9.17) is 10.4 Å². The second kappa shape index (κ2) is 37.5. The third kappa shape index (κ3) is 22.0. The number of fused-ring (bicyclic) bond motifs is 6. The fourth-order valence-corrected chi connectivity index (χ4v) is 10.7. The summed E-state index contributed by atoms with van der Waals surface area (Å²) in [6.07, 6.45) is 13.5. The number of nitrogens with one attached hydrogen (secondary N) is 3. The highest BCUT2D eigenvalue weighted by atomic mass is 16.5. The van der Waals surface area contributed by atoms with Gasteiger partial charge in [0.1, 0.15) is 22.8 Å². The Kier molecular flexibility index (Phi) is 31.2. The zero-order valence-corrected chi connectivity index (χ0v) is 53.7. The second-order valence-corrected chi connectivity index (χ2v) is 23.3. The zero-order valence-electron chi connectivity index (χ0n) is 53.7. The molecule has 0 fully saturated rings. The molecule has 6 aromatic heterocycles. The molecule has 0 spiro atoms. The average Bonchev–Trinajstić information content (AvgIpc) is 0.979. The molecule has 3 amide bonds. The first-order valence-electron chi connectivity index (χ1n) is 30.7. The van der Waals surface area contributed by atoms with Crippen molar-refractivity contribution in [3.63, 3.8) is 0 Å². The van der Waals surface area contributed by atoms with Crippen molar-refractivity contribution >= 4 is 35.1 Å². The summed E-state index contributed by atoms with van der Waals surface area (Å²) < 4.78 is 0. The standard InChI is InChI=1S/2C12H16N2O.C11H15N3O.C10H14N4O.2C10H13N3O2.3CH4/c1-3-12(15)9-6-10-8-14(2)5-4-11(10)13-7-9;1-3-12(15)10-5-4-9-6-7-14(2)8-11(9)13-10;1-3-11(15)9-6-12-8-4-5-14(2)7-10(8)13-9;1-11-10(15)8-5-12-9-6-14(2)4-3-7(9)13-8;1-13-3-2-7-4-8(10(14)12-15)5-11-9(7)6-13;1-13-5-4-8-7(6-13)2-3-9(11-8)10(14)12-15;;;/h6-7H,3-5,8H2,1-2H3;4-5H,3,6-8H2,1-2H3;6H,3-5,7H2,1-2H3;5H,3-4,6H2,1-2H3,(H,11,15);4-5,15H,2-3,6H2,1H3,(H,12,14);2-3,15H,4-6H2,1H3,(H,12,14);3*1H4. The first-order chi connectivity index (χ1) is 43.2. The Bertz CT molecular complexity index is 3150. The van der Waals surface area contributed by atoms with Gasteiger partial charge in [-0.2, -0.15) is 0 Å². The topological polar surface area (TPSA) is 302 Å². The SMILES string of the molecule is C.C.C.CCC(=O)c1ccc2c(n1)CN(C)CC2.CCC(=O)c1cnc2c(c1)CN(C)CC2.CCC(=O)c1cnc2c(n1)CN(C)CC2.CN1CCc2cc(C(=O)NO)cnc2C1.CN1CCc2nc(C(=O)NO)ccc2C1.CNC(=O)c1cnc2c(n1)CCN(C)C2. The van der Waals surface area contributed by atoms with Crippen molar-refractivity contribution in [2.24, 2.45) is 0 Å². The van der Waals surface area contributed by atoms with Gasteiger partial charge in [-0.15, -0.1) is 0 Å². The summed E-state index contributed by atoms with van der Waals surface area (Å²) in [5.41, 5.74) is 19.0. The van der Waals surface area contributed by atoms with E-state index in [1.165, 1.54) is 23.5 Å². The predicted octanol–water partition coefficient (Wildman–Crippen LogP) is 6.49. The number of amides is 3. The van der Waals surface area contributed by atoms with Crippen molar-refractivity contribution < 1.29 is 39.2 Å². The van der Waals surface area contributed by atoms with Crippen LogP contribution in [0.5, 0.6) is 0 Å². The van der Waals surface area contributed by atoms with Crippen LogP contribution < -0.4 is 16.3 Å². The number of carbonyl (C=O) groups excluding carboxylic acids is 6. The molecule has 6 aliphatic heterocycles. The summed E-state index contributed by atoms with van der Waals surface area (Å²) in [4.78, 5) is 116. The van der Waals surface area contributed by atoms with Crippen molar-refractivity contribution in [3.8, 4) is 0 Å². The number of ketones is 3. The van der Waals surface area contributed by atoms with Gasteiger partial charge in [0.2, 0.25) is 0 Å². The van der Waals surface area contributed by atoms with Gasteiger partial charge < -0.3 is 34.7 Å². The number of hydroxylamine groups is 2. The smallest absolute Gasteiger partial charge is 0.293 e. The van der Waals surface area contributed by atoms with E-state index in [2.05, 4.69) is 116 Å². The summed E-state index contributed by atoms with van der Waals surface area (Å²) in [6.45, 7) is 16.7. The molecule has 6 aromatic rings. The van der Waals surface area contributed by atoms with Crippen LogP contribution in [0.1, 0.15) is 193 Å². The highest BCUT2D eigenvalue weighted by molar-refractivity contribution is 5.96. The highest BCUT2D eigenvalue weighted by Crippen LogP contribution is 2.22. The van der Waals surface area contributed by atoms with E-state index < -0.39 is 11.8 Å². The molecule has 93 heavy (non-hydrogen) atoms. The normalized spacial score (nSPS) is 15.5. The fourth-order valence-electron chi connectivity index (χ4n) is 10.7. The fraction of sp³-hybridized carbons (Fsp3) is 0.500. The maximum atomic E-state index is 11.5. The van der Waals surface area contributed by atoms with Gasteiger partial charge in [0.15, 0.2) is 17.3 Å². The number of carbonyl (C=O) groups is 6. The molecule has 0 radical (unpaired) electrons. The molecule has 6 aliphatic rings.